The molecule has 2 rings (SSSR count). The highest BCUT2D eigenvalue weighted by Gasteiger charge is 2.18. The number of halogens is 1. The predicted molar refractivity (Wildman–Crippen MR) is 66.3 cm³/mol. The first-order valence-electron chi connectivity index (χ1n) is 4.97. The van der Waals surface area contributed by atoms with Crippen molar-refractivity contribution in [2.24, 2.45) is 0 Å². The highest BCUT2D eigenvalue weighted by Crippen LogP contribution is 2.38. The van der Waals surface area contributed by atoms with E-state index in [1.807, 2.05) is 0 Å². The molecule has 92 valence electrons. The lowest BCUT2D eigenvalue weighted by Crippen LogP contribution is -1.93. The van der Waals surface area contributed by atoms with Crippen molar-refractivity contribution in [3.8, 4) is 17.2 Å². The van der Waals surface area contributed by atoms with Gasteiger partial charge in [-0.15, -0.1) is 0 Å². The molecule has 18 heavy (non-hydrogen) atoms. The molecule has 0 fully saturated rings. The Morgan fingerprint density at radius 1 is 1.22 bits per heavy atom. The fraction of sp³-hybridized carbons (Fsp3) is 0. The Balaban J connectivity index is 2.42. The van der Waals surface area contributed by atoms with Gasteiger partial charge in [-0.1, -0.05) is 23.7 Å². The van der Waals surface area contributed by atoms with Gasteiger partial charge in [0, 0.05) is 12.1 Å². The smallest absolute Gasteiger partial charge is 0.313 e. The second-order valence-electron chi connectivity index (χ2n) is 3.44. The highest BCUT2D eigenvalue weighted by molar-refractivity contribution is 6.32. The van der Waals surface area contributed by atoms with Gasteiger partial charge < -0.3 is 9.84 Å². The van der Waals surface area contributed by atoms with Crippen molar-refractivity contribution in [1.29, 1.82) is 0 Å². The fourth-order valence-corrected chi connectivity index (χ4v) is 1.62. The first-order chi connectivity index (χ1) is 8.58. The zero-order valence-electron chi connectivity index (χ0n) is 9.04. The maximum absolute atomic E-state index is 10.8. The molecular formula is C12H8ClNO4. The van der Waals surface area contributed by atoms with Gasteiger partial charge in [0.15, 0.2) is 0 Å². The standard InChI is InChI=1S/C12H8ClNO4/c13-10-5-2-6-11(14(16)17)12(10)18-9-4-1-3-8(15)7-9/h1-7,15H. The first-order valence-corrected chi connectivity index (χ1v) is 5.35. The molecule has 0 saturated heterocycles. The molecule has 0 unspecified atom stereocenters. The Bertz CT molecular complexity index is 600. The van der Waals surface area contributed by atoms with Crippen LogP contribution in [0.2, 0.25) is 5.02 Å². The van der Waals surface area contributed by atoms with Crippen molar-refractivity contribution in [3.05, 3.63) is 57.6 Å². The largest absolute Gasteiger partial charge is 0.508 e. The SMILES string of the molecule is O=[N+]([O-])c1cccc(Cl)c1Oc1cccc(O)c1. The van der Waals surface area contributed by atoms with E-state index >= 15 is 0 Å². The van der Waals surface area contributed by atoms with Crippen molar-refractivity contribution >= 4 is 17.3 Å². The highest BCUT2D eigenvalue weighted by atomic mass is 35.5. The summed E-state index contributed by atoms with van der Waals surface area (Å²) in [7, 11) is 0. The van der Waals surface area contributed by atoms with Crippen LogP contribution in [0.25, 0.3) is 0 Å². The minimum Gasteiger partial charge on any atom is -0.508 e. The number of phenols is 1. The molecule has 0 spiro atoms. The predicted octanol–water partition coefficient (Wildman–Crippen LogP) is 3.75. The van der Waals surface area contributed by atoms with E-state index < -0.39 is 4.92 Å². The average molecular weight is 266 g/mol. The van der Waals surface area contributed by atoms with Crippen LogP contribution in [0.3, 0.4) is 0 Å². The quantitative estimate of drug-likeness (QED) is 0.678. The lowest BCUT2D eigenvalue weighted by atomic mass is 10.3. The fourth-order valence-electron chi connectivity index (χ4n) is 1.41. The Hall–Kier alpha value is -2.27. The van der Waals surface area contributed by atoms with Gasteiger partial charge in [-0.25, -0.2) is 0 Å². The summed E-state index contributed by atoms with van der Waals surface area (Å²) in [6, 6.07) is 10.2. The summed E-state index contributed by atoms with van der Waals surface area (Å²) in [6.07, 6.45) is 0. The van der Waals surface area contributed by atoms with E-state index in [1.165, 1.54) is 30.3 Å². The van der Waals surface area contributed by atoms with Crippen molar-refractivity contribution in [2.75, 3.05) is 0 Å². The molecule has 0 heterocycles. The molecule has 0 radical (unpaired) electrons. The van der Waals surface area contributed by atoms with E-state index in [1.54, 1.807) is 12.1 Å². The molecule has 0 bridgehead atoms. The van der Waals surface area contributed by atoms with Crippen LogP contribution in [0.5, 0.6) is 17.2 Å². The molecule has 0 aliphatic carbocycles. The zero-order valence-corrected chi connectivity index (χ0v) is 9.79. The summed E-state index contributed by atoms with van der Waals surface area (Å²) < 4.78 is 5.35. The van der Waals surface area contributed by atoms with Crippen molar-refractivity contribution in [1.82, 2.24) is 0 Å². The molecule has 0 aliphatic rings. The third kappa shape index (κ3) is 2.52. The molecule has 0 atom stereocenters. The molecule has 1 N–H and O–H groups in total. The summed E-state index contributed by atoms with van der Waals surface area (Å²) in [4.78, 5) is 10.3. The number of benzene rings is 2. The number of hydrogen-bond donors (Lipinski definition) is 1. The topological polar surface area (TPSA) is 72.6 Å². The van der Waals surface area contributed by atoms with Crippen LogP contribution in [-0.2, 0) is 0 Å². The monoisotopic (exact) mass is 265 g/mol. The van der Waals surface area contributed by atoms with E-state index in [2.05, 4.69) is 0 Å². The van der Waals surface area contributed by atoms with Crippen LogP contribution in [-0.4, -0.2) is 10.0 Å². The summed E-state index contributed by atoms with van der Waals surface area (Å²) >= 11 is 5.87. The number of nitro groups is 1. The van der Waals surface area contributed by atoms with E-state index in [0.717, 1.165) is 0 Å². The van der Waals surface area contributed by atoms with Gasteiger partial charge in [-0.3, -0.25) is 10.1 Å². The molecule has 2 aromatic carbocycles. The van der Waals surface area contributed by atoms with Crippen LogP contribution in [0.1, 0.15) is 0 Å². The number of hydrogen-bond acceptors (Lipinski definition) is 4. The maximum Gasteiger partial charge on any atom is 0.313 e. The number of ether oxygens (including phenoxy) is 1. The summed E-state index contributed by atoms with van der Waals surface area (Å²) in [5, 5.41) is 20.3. The number of nitro benzene ring substituents is 1. The molecule has 0 aromatic heterocycles. The number of nitrogens with zero attached hydrogens (tertiary/aromatic N) is 1. The Kier molecular flexibility index (Phi) is 3.34. The molecular weight excluding hydrogens is 258 g/mol. The molecule has 0 saturated carbocycles. The molecule has 2 aromatic rings. The summed E-state index contributed by atoms with van der Waals surface area (Å²) in [5.41, 5.74) is -0.231. The second-order valence-corrected chi connectivity index (χ2v) is 3.85. The van der Waals surface area contributed by atoms with Gasteiger partial charge in [0.05, 0.1) is 9.95 Å². The van der Waals surface area contributed by atoms with Gasteiger partial charge in [-0.2, -0.15) is 0 Å². The Labute approximate surface area is 107 Å². The second kappa shape index (κ2) is 4.93. The zero-order chi connectivity index (χ0) is 13.1. The molecule has 0 aliphatic heterocycles. The molecule has 6 heteroatoms. The van der Waals surface area contributed by atoms with Crippen molar-refractivity contribution in [3.63, 3.8) is 0 Å². The average Bonchev–Trinajstić information content (AvgIpc) is 2.31. The number of aromatic hydroxyl groups is 1. The normalized spacial score (nSPS) is 10.1. The molecule has 5 nitrogen and oxygen atoms in total. The lowest BCUT2D eigenvalue weighted by molar-refractivity contribution is -0.385. The third-order valence-corrected chi connectivity index (χ3v) is 2.48. The van der Waals surface area contributed by atoms with Gasteiger partial charge in [0.25, 0.3) is 0 Å². The lowest BCUT2D eigenvalue weighted by Gasteiger charge is -2.07. The maximum atomic E-state index is 10.8. The van der Waals surface area contributed by atoms with E-state index in [9.17, 15) is 15.2 Å². The van der Waals surface area contributed by atoms with E-state index in [4.69, 9.17) is 16.3 Å². The van der Waals surface area contributed by atoms with Gasteiger partial charge in [-0.05, 0) is 18.2 Å². The summed E-state index contributed by atoms with van der Waals surface area (Å²) in [5.74, 6) is 0.225. The van der Waals surface area contributed by atoms with E-state index in [-0.39, 0.29) is 28.0 Å². The molecule has 0 amide bonds. The number of rotatable bonds is 3. The Morgan fingerprint density at radius 3 is 2.61 bits per heavy atom. The van der Waals surface area contributed by atoms with Gasteiger partial charge >= 0.3 is 5.69 Å². The third-order valence-electron chi connectivity index (χ3n) is 2.18. The first kappa shape index (κ1) is 12.2. The van der Waals surface area contributed by atoms with Crippen molar-refractivity contribution in [2.45, 2.75) is 0 Å². The van der Waals surface area contributed by atoms with Crippen LogP contribution < -0.4 is 4.74 Å². The van der Waals surface area contributed by atoms with Crippen LogP contribution >= 0.6 is 11.6 Å². The Morgan fingerprint density at radius 2 is 1.94 bits per heavy atom. The van der Waals surface area contributed by atoms with Crippen LogP contribution in [0, 0.1) is 10.1 Å². The number of para-hydroxylation sites is 1. The minimum atomic E-state index is -0.579. The summed E-state index contributed by atoms with van der Waals surface area (Å²) in [6.45, 7) is 0. The van der Waals surface area contributed by atoms with Gasteiger partial charge in [0.2, 0.25) is 5.75 Å². The van der Waals surface area contributed by atoms with Crippen LogP contribution in [0.15, 0.2) is 42.5 Å². The minimum absolute atomic E-state index is 0.00204. The van der Waals surface area contributed by atoms with Crippen molar-refractivity contribution < 1.29 is 14.8 Å². The van der Waals surface area contributed by atoms with E-state index in [0.29, 0.717) is 0 Å². The number of phenolic OH excluding ortho intramolecular Hbond substituents is 1. The van der Waals surface area contributed by atoms with Gasteiger partial charge in [0.1, 0.15) is 11.5 Å². The van der Waals surface area contributed by atoms with Crippen LogP contribution in [0.4, 0.5) is 5.69 Å².